The van der Waals surface area contributed by atoms with Crippen LogP contribution in [-0.4, -0.2) is 16.1 Å². The maximum atomic E-state index is 12.9. The molecular formula is C12H6Cl2F3N5. The molecule has 10 heteroatoms. The summed E-state index contributed by atoms with van der Waals surface area (Å²) in [5.41, 5.74) is 8.57. The van der Waals surface area contributed by atoms with Crippen molar-refractivity contribution in [2.75, 3.05) is 0 Å². The lowest BCUT2D eigenvalue weighted by Crippen LogP contribution is -2.19. The lowest BCUT2D eigenvalue weighted by molar-refractivity contribution is -0.148. The van der Waals surface area contributed by atoms with Gasteiger partial charge < -0.3 is 0 Å². The summed E-state index contributed by atoms with van der Waals surface area (Å²) < 4.78 is 38.8. The smallest absolute Gasteiger partial charge is 0.261 e. The molecular weight excluding hydrogens is 342 g/mol. The van der Waals surface area contributed by atoms with Crippen LogP contribution >= 0.6 is 23.2 Å². The van der Waals surface area contributed by atoms with Gasteiger partial charge in [-0.1, -0.05) is 40.4 Å². The summed E-state index contributed by atoms with van der Waals surface area (Å²) in [4.78, 5) is 10.1. The van der Waals surface area contributed by atoms with Crippen molar-refractivity contribution in [2.45, 2.75) is 12.2 Å². The first kappa shape index (κ1) is 16.4. The van der Waals surface area contributed by atoms with Gasteiger partial charge in [0.2, 0.25) is 0 Å². The van der Waals surface area contributed by atoms with Gasteiger partial charge in [-0.25, -0.2) is 0 Å². The Morgan fingerprint density at radius 1 is 1.18 bits per heavy atom. The molecule has 0 aliphatic heterocycles. The second kappa shape index (κ2) is 6.39. The predicted octanol–water partition coefficient (Wildman–Crippen LogP) is 5.36. The van der Waals surface area contributed by atoms with Crippen LogP contribution in [0.5, 0.6) is 0 Å². The highest BCUT2D eigenvalue weighted by Crippen LogP contribution is 2.43. The number of benzene rings is 1. The van der Waals surface area contributed by atoms with Crippen LogP contribution in [0.2, 0.25) is 10.0 Å². The molecule has 0 radical (unpaired) electrons. The van der Waals surface area contributed by atoms with Crippen LogP contribution in [0.1, 0.15) is 11.6 Å². The molecule has 2 rings (SSSR count). The Balaban J connectivity index is 2.58. The molecule has 0 saturated carbocycles. The summed E-state index contributed by atoms with van der Waals surface area (Å²) in [5.74, 6) is 0. The van der Waals surface area contributed by atoms with Crippen LogP contribution < -0.4 is 0 Å². The third-order valence-electron chi connectivity index (χ3n) is 2.72. The fourth-order valence-corrected chi connectivity index (χ4v) is 2.30. The van der Waals surface area contributed by atoms with Crippen molar-refractivity contribution in [2.24, 2.45) is 5.11 Å². The van der Waals surface area contributed by atoms with Gasteiger partial charge >= 0.3 is 6.18 Å². The molecule has 1 unspecified atom stereocenters. The fourth-order valence-electron chi connectivity index (χ4n) is 1.77. The van der Waals surface area contributed by atoms with Crippen LogP contribution in [0.3, 0.4) is 0 Å². The summed E-state index contributed by atoms with van der Waals surface area (Å²) in [6.07, 6.45) is -0.542. The molecule has 0 aliphatic rings. The average Bonchev–Trinajstić information content (AvgIpc) is 2.48. The summed E-state index contributed by atoms with van der Waals surface area (Å²) >= 11 is 11.9. The van der Waals surface area contributed by atoms with E-state index in [1.807, 2.05) is 0 Å². The summed E-state index contributed by atoms with van der Waals surface area (Å²) in [6, 6.07) is 0.00275. The number of alkyl halides is 3. The van der Waals surface area contributed by atoms with Crippen LogP contribution in [0.4, 0.5) is 13.2 Å². The highest BCUT2D eigenvalue weighted by molar-refractivity contribution is 6.44. The van der Waals surface area contributed by atoms with E-state index in [9.17, 15) is 13.2 Å². The van der Waals surface area contributed by atoms with Crippen LogP contribution in [0, 0.1) is 0 Å². The van der Waals surface area contributed by atoms with E-state index in [1.54, 1.807) is 0 Å². The maximum Gasteiger partial charge on any atom is 0.401 e. The minimum Gasteiger partial charge on any atom is -0.261 e. The molecule has 1 aromatic carbocycles. The highest BCUT2D eigenvalue weighted by atomic mass is 35.5. The second-order valence-corrected chi connectivity index (χ2v) is 4.83. The molecule has 0 fully saturated rings. The van der Waals surface area contributed by atoms with E-state index in [1.165, 1.54) is 24.7 Å². The lowest BCUT2D eigenvalue weighted by Gasteiger charge is -2.18. The SMILES string of the molecule is [N-]=[N+]=NC(c1ccc(-c2cnccn2)c(Cl)c1Cl)C(F)(F)F. The van der Waals surface area contributed by atoms with E-state index < -0.39 is 17.8 Å². The van der Waals surface area contributed by atoms with Gasteiger partial charge in [0.25, 0.3) is 0 Å². The van der Waals surface area contributed by atoms with E-state index >= 15 is 0 Å². The maximum absolute atomic E-state index is 12.9. The van der Waals surface area contributed by atoms with Crippen LogP contribution in [0.25, 0.3) is 21.7 Å². The Bertz CT molecular complexity index is 730. The van der Waals surface area contributed by atoms with Crippen molar-refractivity contribution >= 4 is 23.2 Å². The molecule has 5 nitrogen and oxygen atoms in total. The number of nitrogens with zero attached hydrogens (tertiary/aromatic N) is 5. The topological polar surface area (TPSA) is 74.5 Å². The van der Waals surface area contributed by atoms with E-state index in [0.717, 1.165) is 6.07 Å². The molecule has 0 bridgehead atoms. The zero-order valence-electron chi connectivity index (χ0n) is 10.6. The van der Waals surface area contributed by atoms with E-state index in [4.69, 9.17) is 28.7 Å². The number of hydrogen-bond donors (Lipinski definition) is 0. The molecule has 0 saturated heterocycles. The summed E-state index contributed by atoms with van der Waals surface area (Å²) in [6.45, 7) is 0. The molecule has 114 valence electrons. The van der Waals surface area contributed by atoms with Crippen molar-refractivity contribution in [1.82, 2.24) is 9.97 Å². The average molecular weight is 348 g/mol. The molecule has 1 aromatic heterocycles. The van der Waals surface area contributed by atoms with Gasteiger partial charge in [0, 0.05) is 22.9 Å². The van der Waals surface area contributed by atoms with Gasteiger partial charge in [-0.15, -0.1) is 0 Å². The van der Waals surface area contributed by atoms with E-state index in [-0.39, 0.29) is 10.0 Å². The van der Waals surface area contributed by atoms with Crippen molar-refractivity contribution in [3.8, 4) is 11.3 Å². The van der Waals surface area contributed by atoms with Gasteiger partial charge in [-0.2, -0.15) is 13.2 Å². The second-order valence-electron chi connectivity index (χ2n) is 4.07. The number of halogens is 5. The third kappa shape index (κ3) is 3.24. The van der Waals surface area contributed by atoms with Gasteiger partial charge in [0.1, 0.15) is 0 Å². The third-order valence-corrected chi connectivity index (χ3v) is 3.62. The Hall–Kier alpha value is -2.02. The molecule has 22 heavy (non-hydrogen) atoms. The number of azide groups is 1. The zero-order chi connectivity index (χ0) is 16.3. The van der Waals surface area contributed by atoms with Crippen molar-refractivity contribution < 1.29 is 13.2 Å². The molecule has 1 heterocycles. The van der Waals surface area contributed by atoms with Gasteiger partial charge in [-0.05, 0) is 11.1 Å². The lowest BCUT2D eigenvalue weighted by atomic mass is 10.0. The monoisotopic (exact) mass is 347 g/mol. The summed E-state index contributed by atoms with van der Waals surface area (Å²) in [7, 11) is 0. The molecule has 1 atom stereocenters. The number of aromatic nitrogens is 2. The first-order valence-corrected chi connectivity index (χ1v) is 6.47. The summed E-state index contributed by atoms with van der Waals surface area (Å²) in [5, 5.41) is 2.28. The van der Waals surface area contributed by atoms with Crippen LogP contribution in [0.15, 0.2) is 35.8 Å². The number of rotatable bonds is 3. The first-order chi connectivity index (χ1) is 10.4. The molecule has 0 N–H and O–H groups in total. The minimum atomic E-state index is -4.78. The van der Waals surface area contributed by atoms with E-state index in [2.05, 4.69) is 20.0 Å². The minimum absolute atomic E-state index is 0.123. The molecule has 0 spiro atoms. The van der Waals surface area contributed by atoms with Crippen molar-refractivity contribution in [3.63, 3.8) is 0 Å². The highest BCUT2D eigenvalue weighted by Gasteiger charge is 2.41. The van der Waals surface area contributed by atoms with Crippen molar-refractivity contribution in [1.29, 1.82) is 0 Å². The van der Waals surface area contributed by atoms with Crippen molar-refractivity contribution in [3.05, 3.63) is 56.8 Å². The van der Waals surface area contributed by atoms with Gasteiger partial charge in [0.15, 0.2) is 6.04 Å². The first-order valence-electron chi connectivity index (χ1n) is 5.71. The molecule has 0 amide bonds. The normalized spacial score (nSPS) is 12.6. The van der Waals surface area contributed by atoms with Gasteiger partial charge in [-0.3, -0.25) is 9.97 Å². The van der Waals surface area contributed by atoms with E-state index in [0.29, 0.717) is 11.3 Å². The molecule has 0 aliphatic carbocycles. The largest absolute Gasteiger partial charge is 0.401 e. The fraction of sp³-hybridized carbons (Fsp3) is 0.167. The van der Waals surface area contributed by atoms with Gasteiger partial charge in [0.05, 0.1) is 21.9 Å². The standard InChI is InChI=1S/C12H6Cl2F3N5/c13-9-6(8-5-19-3-4-20-8)1-2-7(10(9)14)11(21-22-18)12(15,16)17/h1-5,11H. The quantitative estimate of drug-likeness (QED) is 0.425. The molecule has 2 aromatic rings. The predicted molar refractivity (Wildman–Crippen MR) is 75.4 cm³/mol. The Morgan fingerprint density at radius 3 is 2.45 bits per heavy atom. The Labute approximate surface area is 132 Å². The Kier molecular flexibility index (Phi) is 4.75. The van der Waals surface area contributed by atoms with Crippen LogP contribution in [-0.2, 0) is 0 Å². The Morgan fingerprint density at radius 2 is 1.91 bits per heavy atom. The zero-order valence-corrected chi connectivity index (χ0v) is 12.1. The number of hydrogen-bond acceptors (Lipinski definition) is 3.